The normalized spacial score (nSPS) is 12.7. The number of sulfonamides is 1. The van der Waals surface area contributed by atoms with Crippen LogP contribution >= 0.6 is 11.8 Å². The molecule has 0 aliphatic rings. The number of nitrogens with two attached hydrogens (primary N) is 1. The van der Waals surface area contributed by atoms with Gasteiger partial charge in [-0.3, -0.25) is 14.3 Å². The van der Waals surface area contributed by atoms with Crippen molar-refractivity contribution < 1.29 is 13.2 Å². The quantitative estimate of drug-likeness (QED) is 0.311. The Kier molecular flexibility index (Phi) is 7.62. The number of hydrogen-bond acceptors (Lipinski definition) is 6. The number of anilines is 1. The van der Waals surface area contributed by atoms with E-state index >= 15 is 0 Å². The van der Waals surface area contributed by atoms with E-state index in [0.717, 1.165) is 18.4 Å². The van der Waals surface area contributed by atoms with E-state index in [1.165, 1.54) is 28.6 Å². The van der Waals surface area contributed by atoms with Gasteiger partial charge >= 0.3 is 0 Å². The van der Waals surface area contributed by atoms with Crippen LogP contribution in [0.15, 0.2) is 63.4 Å². The third-order valence-corrected chi connectivity index (χ3v) is 8.20. The van der Waals surface area contributed by atoms with Crippen LogP contribution in [0.3, 0.4) is 0 Å². The fraction of sp³-hybridized carbons (Fsp3) is 0.320. The topological polar surface area (TPSA) is 134 Å². The third kappa shape index (κ3) is 5.36. The Hall–Kier alpha value is -3.35. The van der Waals surface area contributed by atoms with Crippen LogP contribution in [-0.2, 0) is 28.4 Å². The molecule has 3 N–H and O–H groups in total. The van der Waals surface area contributed by atoms with Gasteiger partial charge in [0.25, 0.3) is 5.56 Å². The minimum absolute atomic E-state index is 0.0169. The number of unbranched alkanes of at least 4 members (excludes halogenated alkanes) is 1. The molecule has 2 heterocycles. The molecule has 0 aliphatic heterocycles. The maximum Gasteiger partial charge on any atom is 0.295 e. The van der Waals surface area contributed by atoms with E-state index in [1.807, 2.05) is 34.9 Å². The highest BCUT2D eigenvalue weighted by molar-refractivity contribution is 8.00. The summed E-state index contributed by atoms with van der Waals surface area (Å²) in [7, 11) is -2.10. The molecule has 0 saturated heterocycles. The smallest absolute Gasteiger partial charge is 0.295 e. The summed E-state index contributed by atoms with van der Waals surface area (Å²) in [5.74, 6) is -0.338. The molecule has 0 aliphatic carbocycles. The summed E-state index contributed by atoms with van der Waals surface area (Å²) < 4.78 is 28.8. The number of nitrogens with one attached hydrogen (secondary N) is 1. The number of nitrogens with zero attached hydrogens (tertiary/aromatic N) is 4. The maximum absolute atomic E-state index is 13.2. The van der Waals surface area contributed by atoms with Crippen molar-refractivity contribution in [3.8, 4) is 5.69 Å². The van der Waals surface area contributed by atoms with Crippen molar-refractivity contribution in [1.82, 2.24) is 18.9 Å². The standard InChI is InChI=1S/C25H30N6O4S2/c1-5-6-14-30-21-13-12-19(37(26,34)35)15-20(21)27-25(30)36-17(3)23(32)28-22-16(2)29(4)31(24(22)33)18-10-8-7-9-11-18/h7-13,15,17H,5-6,14H2,1-4H3,(H,28,32)(H2,26,34,35). The molecule has 4 rings (SSSR count). The molecular formula is C25H30N6O4S2. The lowest BCUT2D eigenvalue weighted by atomic mass is 10.3. The fourth-order valence-corrected chi connectivity index (χ4v) is 5.52. The molecular weight excluding hydrogens is 512 g/mol. The zero-order valence-electron chi connectivity index (χ0n) is 21.1. The molecule has 196 valence electrons. The minimum Gasteiger partial charge on any atom is -0.319 e. The summed E-state index contributed by atoms with van der Waals surface area (Å²) >= 11 is 1.25. The van der Waals surface area contributed by atoms with E-state index in [0.29, 0.717) is 28.6 Å². The lowest BCUT2D eigenvalue weighted by molar-refractivity contribution is -0.115. The molecule has 4 aromatic rings. The van der Waals surface area contributed by atoms with E-state index in [2.05, 4.69) is 17.2 Å². The van der Waals surface area contributed by atoms with Crippen molar-refractivity contribution in [2.24, 2.45) is 12.2 Å². The van der Waals surface area contributed by atoms with Crippen LogP contribution in [0.25, 0.3) is 16.7 Å². The number of aromatic nitrogens is 4. The zero-order valence-corrected chi connectivity index (χ0v) is 22.8. The van der Waals surface area contributed by atoms with Gasteiger partial charge < -0.3 is 9.88 Å². The van der Waals surface area contributed by atoms with Crippen LogP contribution in [0.2, 0.25) is 0 Å². The number of amides is 1. The summed E-state index contributed by atoms with van der Waals surface area (Å²) in [6.45, 7) is 6.26. The number of imidazole rings is 1. The average Bonchev–Trinajstić information content (AvgIpc) is 3.30. The van der Waals surface area contributed by atoms with Crippen molar-refractivity contribution in [1.29, 1.82) is 0 Å². The van der Waals surface area contributed by atoms with E-state index in [4.69, 9.17) is 5.14 Å². The van der Waals surface area contributed by atoms with Gasteiger partial charge in [0.15, 0.2) is 5.16 Å². The predicted molar refractivity (Wildman–Crippen MR) is 146 cm³/mol. The molecule has 10 nitrogen and oxygen atoms in total. The molecule has 0 radical (unpaired) electrons. The number of carbonyl (C=O) groups excluding carboxylic acids is 1. The Bertz CT molecular complexity index is 1620. The summed E-state index contributed by atoms with van der Waals surface area (Å²) in [5.41, 5.74) is 2.49. The predicted octanol–water partition coefficient (Wildman–Crippen LogP) is 3.40. The van der Waals surface area contributed by atoms with Crippen molar-refractivity contribution in [3.63, 3.8) is 0 Å². The Morgan fingerprint density at radius 2 is 1.89 bits per heavy atom. The number of benzene rings is 2. The number of rotatable bonds is 9. The third-order valence-electron chi connectivity index (χ3n) is 6.20. The van der Waals surface area contributed by atoms with Crippen LogP contribution in [0, 0.1) is 6.92 Å². The molecule has 12 heteroatoms. The Balaban J connectivity index is 1.62. The first-order chi connectivity index (χ1) is 17.5. The molecule has 2 aromatic heterocycles. The van der Waals surface area contributed by atoms with Crippen molar-refractivity contribution >= 4 is 44.4 Å². The molecule has 0 saturated carbocycles. The number of aryl methyl sites for hydroxylation is 1. The Morgan fingerprint density at radius 3 is 2.54 bits per heavy atom. The van der Waals surface area contributed by atoms with Gasteiger partial charge in [0, 0.05) is 13.6 Å². The van der Waals surface area contributed by atoms with E-state index < -0.39 is 15.3 Å². The zero-order chi connectivity index (χ0) is 26.9. The van der Waals surface area contributed by atoms with Gasteiger partial charge in [-0.2, -0.15) is 0 Å². The van der Waals surface area contributed by atoms with Gasteiger partial charge in [-0.15, -0.1) is 0 Å². The van der Waals surface area contributed by atoms with Gasteiger partial charge in [-0.25, -0.2) is 23.2 Å². The maximum atomic E-state index is 13.2. The van der Waals surface area contributed by atoms with Crippen LogP contribution in [0.5, 0.6) is 0 Å². The van der Waals surface area contributed by atoms with Gasteiger partial charge in [-0.05, 0) is 50.6 Å². The van der Waals surface area contributed by atoms with E-state index in [-0.39, 0.29) is 22.0 Å². The molecule has 2 aromatic carbocycles. The molecule has 0 fully saturated rings. The number of carbonyl (C=O) groups is 1. The first-order valence-electron chi connectivity index (χ1n) is 11.9. The first kappa shape index (κ1) is 26.7. The summed E-state index contributed by atoms with van der Waals surface area (Å²) in [5, 5.41) is 8.10. The summed E-state index contributed by atoms with van der Waals surface area (Å²) in [6.07, 6.45) is 1.84. The summed E-state index contributed by atoms with van der Waals surface area (Å²) in [6, 6.07) is 13.8. The van der Waals surface area contributed by atoms with Crippen molar-refractivity contribution in [2.45, 2.75) is 55.5 Å². The first-order valence-corrected chi connectivity index (χ1v) is 14.3. The SMILES string of the molecule is CCCCn1c(SC(C)C(=O)Nc2c(C)n(C)n(-c3ccccc3)c2=O)nc2cc(S(N)(=O)=O)ccc21. The number of thioether (sulfide) groups is 1. The molecule has 0 bridgehead atoms. The van der Waals surface area contributed by atoms with E-state index in [1.54, 1.807) is 31.6 Å². The van der Waals surface area contributed by atoms with Crippen LogP contribution < -0.4 is 16.0 Å². The fourth-order valence-electron chi connectivity index (χ4n) is 4.04. The van der Waals surface area contributed by atoms with Crippen LogP contribution in [-0.4, -0.2) is 38.5 Å². The average molecular weight is 543 g/mol. The van der Waals surface area contributed by atoms with Gasteiger partial charge in [-0.1, -0.05) is 43.3 Å². The van der Waals surface area contributed by atoms with Gasteiger partial charge in [0.2, 0.25) is 15.9 Å². The summed E-state index contributed by atoms with van der Waals surface area (Å²) in [4.78, 5) is 31.0. The molecule has 0 spiro atoms. The highest BCUT2D eigenvalue weighted by atomic mass is 32.2. The van der Waals surface area contributed by atoms with E-state index in [9.17, 15) is 18.0 Å². The molecule has 1 unspecified atom stereocenters. The second-order valence-electron chi connectivity index (χ2n) is 8.78. The second-order valence-corrected chi connectivity index (χ2v) is 11.7. The Labute approximate surface area is 219 Å². The van der Waals surface area contributed by atoms with Gasteiger partial charge in [0.05, 0.1) is 32.6 Å². The number of fused-ring (bicyclic) bond motifs is 1. The Morgan fingerprint density at radius 1 is 1.19 bits per heavy atom. The van der Waals surface area contributed by atoms with Crippen LogP contribution in [0.1, 0.15) is 32.4 Å². The number of primary sulfonamides is 1. The van der Waals surface area contributed by atoms with Crippen LogP contribution in [0.4, 0.5) is 5.69 Å². The highest BCUT2D eigenvalue weighted by Crippen LogP contribution is 2.30. The minimum atomic E-state index is -3.87. The highest BCUT2D eigenvalue weighted by Gasteiger charge is 2.24. The van der Waals surface area contributed by atoms with Crippen molar-refractivity contribution in [3.05, 3.63) is 64.6 Å². The largest absolute Gasteiger partial charge is 0.319 e. The van der Waals surface area contributed by atoms with Gasteiger partial charge in [0.1, 0.15) is 5.69 Å². The second kappa shape index (κ2) is 10.6. The molecule has 1 amide bonds. The lowest BCUT2D eigenvalue weighted by Gasteiger charge is -2.13. The molecule has 1 atom stereocenters. The van der Waals surface area contributed by atoms with Crippen molar-refractivity contribution in [2.75, 3.05) is 5.32 Å². The monoisotopic (exact) mass is 542 g/mol. The number of para-hydroxylation sites is 1. The lowest BCUT2D eigenvalue weighted by Crippen LogP contribution is -2.27. The molecule has 37 heavy (non-hydrogen) atoms. The number of hydrogen-bond donors (Lipinski definition) is 2.